The number of para-hydroxylation sites is 3. The quantitative estimate of drug-likeness (QED) is 0.475. The molecule has 0 aliphatic heterocycles. The van der Waals surface area contributed by atoms with Gasteiger partial charge in [0.2, 0.25) is 0 Å². The van der Waals surface area contributed by atoms with Gasteiger partial charge in [-0.15, -0.1) is 0 Å². The summed E-state index contributed by atoms with van der Waals surface area (Å²) in [6, 6.07) is 16.2. The SMILES string of the molecule is CCCn1c(SCC(=O)N=c2sc3ccccc3n2C)nc2ccccc21. The number of aryl methyl sites for hydroxylation is 2. The number of nitrogens with zero attached hydrogens (tertiary/aromatic N) is 4. The van der Waals surface area contributed by atoms with Crippen molar-refractivity contribution in [2.24, 2.45) is 12.0 Å². The van der Waals surface area contributed by atoms with E-state index in [9.17, 15) is 4.79 Å². The number of carbonyl (C=O) groups excluding carboxylic acids is 1. The van der Waals surface area contributed by atoms with E-state index in [1.807, 2.05) is 54.1 Å². The van der Waals surface area contributed by atoms with Crippen molar-refractivity contribution in [2.75, 3.05) is 5.75 Å². The molecule has 4 aromatic rings. The van der Waals surface area contributed by atoms with Crippen LogP contribution in [-0.4, -0.2) is 25.8 Å². The fourth-order valence-corrected chi connectivity index (χ4v) is 4.92. The van der Waals surface area contributed by atoms with Crippen LogP contribution in [0.5, 0.6) is 0 Å². The number of hydrogen-bond acceptors (Lipinski definition) is 4. The Bertz CT molecular complexity index is 1190. The number of carbonyl (C=O) groups is 1. The third-order valence-corrected chi connectivity index (χ3v) is 6.40. The lowest BCUT2D eigenvalue weighted by molar-refractivity contribution is -0.115. The summed E-state index contributed by atoms with van der Waals surface area (Å²) < 4.78 is 5.28. The average Bonchev–Trinajstić information content (AvgIpc) is 3.19. The summed E-state index contributed by atoms with van der Waals surface area (Å²) in [4.78, 5) is 22.2. The topological polar surface area (TPSA) is 52.2 Å². The lowest BCUT2D eigenvalue weighted by Gasteiger charge is -2.06. The van der Waals surface area contributed by atoms with E-state index in [1.54, 1.807) is 0 Å². The molecule has 0 aliphatic carbocycles. The normalized spacial score (nSPS) is 12.3. The monoisotopic (exact) mass is 396 g/mol. The van der Waals surface area contributed by atoms with E-state index in [0.29, 0.717) is 0 Å². The number of thioether (sulfide) groups is 1. The first-order valence-corrected chi connectivity index (χ1v) is 10.7. The molecule has 0 aliphatic rings. The molecule has 27 heavy (non-hydrogen) atoms. The molecule has 1 amide bonds. The zero-order valence-corrected chi connectivity index (χ0v) is 16.9. The molecule has 7 heteroatoms. The number of imidazole rings is 1. The van der Waals surface area contributed by atoms with Crippen molar-refractivity contribution in [2.45, 2.75) is 25.0 Å². The molecule has 0 bridgehead atoms. The van der Waals surface area contributed by atoms with Gasteiger partial charge < -0.3 is 9.13 Å². The van der Waals surface area contributed by atoms with E-state index in [4.69, 9.17) is 4.98 Å². The van der Waals surface area contributed by atoms with E-state index in [-0.39, 0.29) is 11.7 Å². The van der Waals surface area contributed by atoms with Gasteiger partial charge in [-0.2, -0.15) is 4.99 Å². The van der Waals surface area contributed by atoms with Crippen LogP contribution < -0.4 is 4.80 Å². The van der Waals surface area contributed by atoms with Crippen LogP contribution >= 0.6 is 23.1 Å². The maximum absolute atomic E-state index is 12.5. The molecule has 0 fully saturated rings. The summed E-state index contributed by atoms with van der Waals surface area (Å²) in [6.07, 6.45) is 1.02. The number of amides is 1. The van der Waals surface area contributed by atoms with Crippen LogP contribution in [0.15, 0.2) is 58.7 Å². The lowest BCUT2D eigenvalue weighted by atomic mass is 10.3. The zero-order valence-electron chi connectivity index (χ0n) is 15.3. The van der Waals surface area contributed by atoms with Gasteiger partial charge in [-0.25, -0.2) is 4.98 Å². The van der Waals surface area contributed by atoms with E-state index < -0.39 is 0 Å². The van der Waals surface area contributed by atoms with E-state index in [1.165, 1.54) is 23.1 Å². The van der Waals surface area contributed by atoms with E-state index in [0.717, 1.165) is 44.2 Å². The first-order chi connectivity index (χ1) is 13.2. The third kappa shape index (κ3) is 3.57. The zero-order chi connectivity index (χ0) is 18.8. The molecule has 0 radical (unpaired) electrons. The van der Waals surface area contributed by atoms with Gasteiger partial charge in [-0.3, -0.25) is 4.79 Å². The predicted molar refractivity (Wildman–Crippen MR) is 112 cm³/mol. The van der Waals surface area contributed by atoms with Crippen LogP contribution in [-0.2, 0) is 18.4 Å². The van der Waals surface area contributed by atoms with Gasteiger partial charge in [0.15, 0.2) is 9.96 Å². The maximum atomic E-state index is 12.5. The second-order valence-electron chi connectivity index (χ2n) is 6.24. The molecule has 138 valence electrons. The molecule has 0 N–H and O–H groups in total. The van der Waals surface area contributed by atoms with Crippen LogP contribution in [0.4, 0.5) is 0 Å². The number of benzene rings is 2. The minimum atomic E-state index is -0.141. The predicted octanol–water partition coefficient (Wildman–Crippen LogP) is 4.22. The van der Waals surface area contributed by atoms with Gasteiger partial charge in [0.05, 0.1) is 27.0 Å². The summed E-state index contributed by atoms with van der Waals surface area (Å²) in [5, 5.41) is 0.877. The van der Waals surface area contributed by atoms with Crippen molar-refractivity contribution in [3.63, 3.8) is 0 Å². The average molecular weight is 397 g/mol. The van der Waals surface area contributed by atoms with E-state index >= 15 is 0 Å². The lowest BCUT2D eigenvalue weighted by Crippen LogP contribution is -2.14. The van der Waals surface area contributed by atoms with Crippen LogP contribution in [0.3, 0.4) is 0 Å². The first kappa shape index (κ1) is 18.0. The Kier molecular flexibility index (Phi) is 5.13. The molecule has 5 nitrogen and oxygen atoms in total. The number of aromatic nitrogens is 3. The number of fused-ring (bicyclic) bond motifs is 2. The van der Waals surface area contributed by atoms with Gasteiger partial charge in [-0.05, 0) is 30.7 Å². The van der Waals surface area contributed by atoms with Crippen LogP contribution in [0.1, 0.15) is 13.3 Å². The standard InChI is InChI=1S/C20H20N4OS2/c1-3-12-24-15-9-5-4-8-14(15)21-20(24)26-13-18(25)22-19-23(2)16-10-6-7-11-17(16)27-19/h4-11H,3,12-13H2,1-2H3. The molecule has 2 heterocycles. The second-order valence-corrected chi connectivity index (χ2v) is 8.19. The summed E-state index contributed by atoms with van der Waals surface area (Å²) in [5.41, 5.74) is 3.17. The summed E-state index contributed by atoms with van der Waals surface area (Å²) in [5.74, 6) is 0.138. The minimum Gasteiger partial charge on any atom is -0.319 e. The Morgan fingerprint density at radius 3 is 2.67 bits per heavy atom. The smallest absolute Gasteiger partial charge is 0.258 e. The van der Waals surface area contributed by atoms with Crippen molar-refractivity contribution in [1.29, 1.82) is 0 Å². The highest BCUT2D eigenvalue weighted by Gasteiger charge is 2.12. The highest BCUT2D eigenvalue weighted by atomic mass is 32.2. The molecule has 0 saturated carbocycles. The van der Waals surface area contributed by atoms with Gasteiger partial charge in [0, 0.05) is 13.6 Å². The maximum Gasteiger partial charge on any atom is 0.258 e. The molecule has 2 aromatic heterocycles. The number of hydrogen-bond donors (Lipinski definition) is 0. The van der Waals surface area contributed by atoms with Crippen molar-refractivity contribution in [3.05, 3.63) is 53.3 Å². The fourth-order valence-electron chi connectivity index (χ4n) is 3.06. The Hall–Kier alpha value is -2.38. The minimum absolute atomic E-state index is 0.141. The Labute approximate surface area is 165 Å². The van der Waals surface area contributed by atoms with Crippen LogP contribution in [0, 0.1) is 0 Å². The van der Waals surface area contributed by atoms with Crippen molar-refractivity contribution < 1.29 is 4.79 Å². The largest absolute Gasteiger partial charge is 0.319 e. The van der Waals surface area contributed by atoms with Gasteiger partial charge in [0.1, 0.15) is 0 Å². The summed E-state index contributed by atoms with van der Waals surface area (Å²) in [7, 11) is 1.94. The van der Waals surface area contributed by atoms with Gasteiger partial charge in [0.25, 0.3) is 5.91 Å². The Morgan fingerprint density at radius 2 is 1.89 bits per heavy atom. The molecule has 4 rings (SSSR count). The van der Waals surface area contributed by atoms with E-state index in [2.05, 4.69) is 22.5 Å². The Morgan fingerprint density at radius 1 is 1.15 bits per heavy atom. The molecule has 0 saturated heterocycles. The second kappa shape index (κ2) is 7.70. The third-order valence-electron chi connectivity index (χ3n) is 4.33. The summed E-state index contributed by atoms with van der Waals surface area (Å²) >= 11 is 2.99. The Balaban J connectivity index is 1.58. The molecule has 0 unspecified atom stereocenters. The highest BCUT2D eigenvalue weighted by Crippen LogP contribution is 2.24. The van der Waals surface area contributed by atoms with Crippen LogP contribution in [0.2, 0.25) is 0 Å². The van der Waals surface area contributed by atoms with Gasteiger partial charge >= 0.3 is 0 Å². The van der Waals surface area contributed by atoms with Gasteiger partial charge in [-0.1, -0.05) is 54.3 Å². The summed E-state index contributed by atoms with van der Waals surface area (Å²) in [6.45, 7) is 3.03. The fraction of sp³-hybridized carbons (Fsp3) is 0.250. The molecule has 2 aromatic carbocycles. The number of rotatable bonds is 5. The highest BCUT2D eigenvalue weighted by molar-refractivity contribution is 7.99. The molecule has 0 spiro atoms. The molecular formula is C20H20N4OS2. The van der Waals surface area contributed by atoms with Crippen molar-refractivity contribution in [3.8, 4) is 0 Å². The molecule has 0 atom stereocenters. The number of thiazole rings is 1. The van der Waals surface area contributed by atoms with Crippen LogP contribution in [0.25, 0.3) is 21.3 Å². The van der Waals surface area contributed by atoms with Crippen molar-refractivity contribution >= 4 is 50.3 Å². The van der Waals surface area contributed by atoms with Crippen molar-refractivity contribution in [1.82, 2.24) is 14.1 Å². The first-order valence-electron chi connectivity index (χ1n) is 8.87. The molecular weight excluding hydrogens is 376 g/mol.